The first kappa shape index (κ1) is 13.1. The zero-order valence-electron chi connectivity index (χ0n) is 12.1. The van der Waals surface area contributed by atoms with E-state index in [1.54, 1.807) is 0 Å². The fraction of sp³-hybridized carbons (Fsp3) is 0.800. The summed E-state index contributed by atoms with van der Waals surface area (Å²) < 4.78 is 2.10. The molecule has 0 saturated carbocycles. The Balaban J connectivity index is 1.67. The Morgan fingerprint density at radius 1 is 1.37 bits per heavy atom. The molecule has 3 heterocycles. The number of hydrogen-bond acceptors (Lipinski definition) is 3. The smallest absolute Gasteiger partial charge is 0.0765 e. The summed E-state index contributed by atoms with van der Waals surface area (Å²) in [5, 5.41) is 4.73. The minimum atomic E-state index is 0.423. The topological polar surface area (TPSA) is 47.1 Å². The molecule has 2 N–H and O–H groups in total. The second-order valence-electron chi connectivity index (χ2n) is 6.33. The molecule has 2 bridgehead atoms. The highest BCUT2D eigenvalue weighted by Gasteiger charge is 2.39. The van der Waals surface area contributed by atoms with Crippen LogP contribution in [-0.2, 0) is 6.54 Å². The predicted molar refractivity (Wildman–Crippen MR) is 76.8 cm³/mol. The number of piperidine rings is 1. The van der Waals surface area contributed by atoms with Gasteiger partial charge in [0, 0.05) is 36.9 Å². The van der Waals surface area contributed by atoms with Gasteiger partial charge in [-0.05, 0) is 45.1 Å². The van der Waals surface area contributed by atoms with Crippen LogP contribution < -0.4 is 5.73 Å². The maximum absolute atomic E-state index is 6.13. The van der Waals surface area contributed by atoms with Crippen LogP contribution in [0.5, 0.6) is 0 Å². The number of aromatic nitrogens is 2. The molecule has 0 aliphatic carbocycles. The second-order valence-corrected chi connectivity index (χ2v) is 6.33. The molecule has 2 saturated heterocycles. The van der Waals surface area contributed by atoms with Crippen LogP contribution in [-0.4, -0.2) is 32.8 Å². The third-order valence-electron chi connectivity index (χ3n) is 4.97. The van der Waals surface area contributed by atoms with Crippen LogP contribution in [0.25, 0.3) is 0 Å². The standard InChI is InChI=1S/C15H26N4/c1-3-11(2)19-7-6-13(17-19)10-18-14-4-5-15(18)9-12(16)8-14/h6-7,11-12,14-15H,3-5,8-10,16H2,1-2H3. The van der Waals surface area contributed by atoms with E-state index in [9.17, 15) is 0 Å². The van der Waals surface area contributed by atoms with E-state index in [4.69, 9.17) is 10.8 Å². The molecule has 4 heteroatoms. The molecule has 19 heavy (non-hydrogen) atoms. The molecule has 1 aromatic heterocycles. The Morgan fingerprint density at radius 3 is 2.68 bits per heavy atom. The fourth-order valence-corrected chi connectivity index (χ4v) is 3.66. The summed E-state index contributed by atoms with van der Waals surface area (Å²) in [5.41, 5.74) is 7.34. The molecule has 0 spiro atoms. The summed E-state index contributed by atoms with van der Waals surface area (Å²) in [6.07, 6.45) is 8.24. The zero-order valence-corrected chi connectivity index (χ0v) is 12.1. The molecule has 106 valence electrons. The third-order valence-corrected chi connectivity index (χ3v) is 4.97. The highest BCUT2D eigenvalue weighted by molar-refractivity contribution is 5.04. The SMILES string of the molecule is CCC(C)n1ccc(CN2C3CCC2CC(N)C3)n1. The van der Waals surface area contributed by atoms with Crippen molar-refractivity contribution < 1.29 is 0 Å². The number of hydrogen-bond donors (Lipinski definition) is 1. The third kappa shape index (κ3) is 2.56. The van der Waals surface area contributed by atoms with Crippen molar-refractivity contribution in [3.05, 3.63) is 18.0 Å². The van der Waals surface area contributed by atoms with E-state index in [0.717, 1.165) is 13.0 Å². The lowest BCUT2D eigenvalue weighted by atomic mass is 9.98. The van der Waals surface area contributed by atoms with Crippen molar-refractivity contribution in [1.82, 2.24) is 14.7 Å². The number of nitrogens with two attached hydrogens (primary N) is 1. The van der Waals surface area contributed by atoms with Crippen molar-refractivity contribution >= 4 is 0 Å². The van der Waals surface area contributed by atoms with Crippen LogP contribution in [0.15, 0.2) is 12.3 Å². The lowest BCUT2D eigenvalue weighted by molar-refractivity contribution is 0.118. The molecule has 3 atom stereocenters. The van der Waals surface area contributed by atoms with Gasteiger partial charge in [0.2, 0.25) is 0 Å². The second kappa shape index (κ2) is 5.25. The van der Waals surface area contributed by atoms with Gasteiger partial charge in [-0.3, -0.25) is 9.58 Å². The van der Waals surface area contributed by atoms with Crippen molar-refractivity contribution in [2.75, 3.05) is 0 Å². The predicted octanol–water partition coefficient (Wildman–Crippen LogP) is 2.31. The van der Waals surface area contributed by atoms with Crippen LogP contribution in [0, 0.1) is 0 Å². The van der Waals surface area contributed by atoms with Crippen molar-refractivity contribution in [2.24, 2.45) is 5.73 Å². The molecule has 4 nitrogen and oxygen atoms in total. The van der Waals surface area contributed by atoms with Gasteiger partial charge < -0.3 is 5.73 Å². The molecular formula is C15H26N4. The summed E-state index contributed by atoms with van der Waals surface area (Å²) in [7, 11) is 0. The summed E-state index contributed by atoms with van der Waals surface area (Å²) in [5.74, 6) is 0. The average molecular weight is 262 g/mol. The molecule has 0 aromatic carbocycles. The molecule has 0 radical (unpaired) electrons. The Hall–Kier alpha value is -0.870. The first-order valence-corrected chi connectivity index (χ1v) is 7.72. The van der Waals surface area contributed by atoms with Gasteiger partial charge in [-0.2, -0.15) is 5.10 Å². The Kier molecular flexibility index (Phi) is 3.63. The normalized spacial score (nSPS) is 32.7. The minimum Gasteiger partial charge on any atom is -0.328 e. The quantitative estimate of drug-likeness (QED) is 0.905. The molecule has 2 aliphatic rings. The summed E-state index contributed by atoms with van der Waals surface area (Å²) in [6.45, 7) is 5.43. The Bertz CT molecular complexity index is 414. The minimum absolute atomic E-state index is 0.423. The lowest BCUT2D eigenvalue weighted by Gasteiger charge is -2.37. The van der Waals surface area contributed by atoms with Gasteiger partial charge in [0.15, 0.2) is 0 Å². The average Bonchev–Trinajstić information content (AvgIpc) is 2.94. The van der Waals surface area contributed by atoms with Crippen molar-refractivity contribution in [2.45, 2.75) is 76.7 Å². The van der Waals surface area contributed by atoms with Gasteiger partial charge in [-0.1, -0.05) is 6.92 Å². The van der Waals surface area contributed by atoms with Crippen LogP contribution >= 0.6 is 0 Å². The maximum Gasteiger partial charge on any atom is 0.0765 e. The largest absolute Gasteiger partial charge is 0.328 e. The molecule has 0 amide bonds. The van der Waals surface area contributed by atoms with E-state index >= 15 is 0 Å². The van der Waals surface area contributed by atoms with E-state index in [0.29, 0.717) is 24.2 Å². The lowest BCUT2D eigenvalue weighted by Crippen LogP contribution is -2.46. The van der Waals surface area contributed by atoms with Crippen LogP contribution in [0.4, 0.5) is 0 Å². The number of nitrogens with zero attached hydrogens (tertiary/aromatic N) is 3. The monoisotopic (exact) mass is 262 g/mol. The van der Waals surface area contributed by atoms with Crippen LogP contribution in [0.1, 0.15) is 57.7 Å². The van der Waals surface area contributed by atoms with E-state index in [1.165, 1.54) is 31.4 Å². The van der Waals surface area contributed by atoms with E-state index in [2.05, 4.69) is 35.7 Å². The summed E-state index contributed by atoms with van der Waals surface area (Å²) in [4.78, 5) is 2.65. The number of rotatable bonds is 4. The van der Waals surface area contributed by atoms with Gasteiger partial charge in [0.05, 0.1) is 5.69 Å². The van der Waals surface area contributed by atoms with Crippen LogP contribution in [0.2, 0.25) is 0 Å². The van der Waals surface area contributed by atoms with Crippen molar-refractivity contribution in [1.29, 1.82) is 0 Å². The van der Waals surface area contributed by atoms with Crippen molar-refractivity contribution in [3.8, 4) is 0 Å². The Morgan fingerprint density at radius 2 is 2.05 bits per heavy atom. The van der Waals surface area contributed by atoms with E-state index in [1.807, 2.05) is 0 Å². The molecular weight excluding hydrogens is 236 g/mol. The molecule has 3 unspecified atom stereocenters. The van der Waals surface area contributed by atoms with Gasteiger partial charge >= 0.3 is 0 Å². The molecule has 3 rings (SSSR count). The first-order valence-electron chi connectivity index (χ1n) is 7.72. The summed E-state index contributed by atoms with van der Waals surface area (Å²) >= 11 is 0. The zero-order chi connectivity index (χ0) is 13.4. The molecule has 2 aliphatic heterocycles. The van der Waals surface area contributed by atoms with Crippen LogP contribution in [0.3, 0.4) is 0 Å². The van der Waals surface area contributed by atoms with E-state index in [-0.39, 0.29) is 0 Å². The van der Waals surface area contributed by atoms with E-state index < -0.39 is 0 Å². The van der Waals surface area contributed by atoms with Gasteiger partial charge in [0.1, 0.15) is 0 Å². The first-order chi connectivity index (χ1) is 9.17. The molecule has 1 aromatic rings. The summed E-state index contributed by atoms with van der Waals surface area (Å²) in [6, 6.07) is 4.50. The maximum atomic E-state index is 6.13. The van der Waals surface area contributed by atoms with Gasteiger partial charge in [-0.25, -0.2) is 0 Å². The van der Waals surface area contributed by atoms with Crippen molar-refractivity contribution in [3.63, 3.8) is 0 Å². The highest BCUT2D eigenvalue weighted by Crippen LogP contribution is 2.35. The Labute approximate surface area is 116 Å². The number of fused-ring (bicyclic) bond motifs is 2. The van der Waals surface area contributed by atoms with Gasteiger partial charge in [-0.15, -0.1) is 0 Å². The fourth-order valence-electron chi connectivity index (χ4n) is 3.66. The molecule has 2 fully saturated rings. The highest BCUT2D eigenvalue weighted by atomic mass is 15.3. The van der Waals surface area contributed by atoms with Gasteiger partial charge in [0.25, 0.3) is 0 Å².